The summed E-state index contributed by atoms with van der Waals surface area (Å²) in [5.41, 5.74) is 3.56. The molecule has 0 fully saturated rings. The third kappa shape index (κ3) is 4.16. The van der Waals surface area contributed by atoms with Crippen LogP contribution in [0, 0.1) is 0 Å². The van der Waals surface area contributed by atoms with Crippen LogP contribution >= 0.6 is 12.2 Å². The Kier molecular flexibility index (Phi) is 5.26. The van der Waals surface area contributed by atoms with E-state index >= 15 is 0 Å². The van der Waals surface area contributed by atoms with Gasteiger partial charge in [0.15, 0.2) is 5.11 Å². The molecule has 0 saturated carbocycles. The maximum Gasteiger partial charge on any atom is 0.335 e. The smallest absolute Gasteiger partial charge is 0.335 e. The second kappa shape index (κ2) is 7.37. The summed E-state index contributed by atoms with van der Waals surface area (Å²) >= 11 is 4.97. The van der Waals surface area contributed by atoms with E-state index in [9.17, 15) is 4.79 Å². The SMILES string of the molecule is CCNC(=S)NN=Cc1ccc(-c2cccc(C(=O)O)c2)o1. The molecule has 0 aliphatic carbocycles. The number of carbonyl (C=O) groups is 1. The third-order valence-corrected chi connectivity index (χ3v) is 2.95. The molecule has 0 spiro atoms. The Morgan fingerprint density at radius 2 is 2.23 bits per heavy atom. The molecule has 0 amide bonds. The highest BCUT2D eigenvalue weighted by Gasteiger charge is 2.07. The fourth-order valence-electron chi connectivity index (χ4n) is 1.74. The molecule has 0 aliphatic rings. The van der Waals surface area contributed by atoms with Gasteiger partial charge in [-0.3, -0.25) is 5.43 Å². The number of carboxylic acids is 1. The van der Waals surface area contributed by atoms with E-state index < -0.39 is 5.97 Å². The topological polar surface area (TPSA) is 86.9 Å². The number of rotatable bonds is 5. The van der Waals surface area contributed by atoms with Crippen molar-refractivity contribution >= 4 is 29.5 Å². The number of carboxylic acid groups (broad SMARTS) is 1. The molecule has 22 heavy (non-hydrogen) atoms. The van der Waals surface area contributed by atoms with Crippen molar-refractivity contribution < 1.29 is 14.3 Å². The van der Waals surface area contributed by atoms with E-state index in [0.29, 0.717) is 28.7 Å². The van der Waals surface area contributed by atoms with Crippen molar-refractivity contribution in [1.29, 1.82) is 0 Å². The zero-order valence-corrected chi connectivity index (χ0v) is 12.7. The Hall–Kier alpha value is -2.67. The number of nitrogens with zero attached hydrogens (tertiary/aromatic N) is 1. The van der Waals surface area contributed by atoms with E-state index in [2.05, 4.69) is 15.8 Å². The number of benzene rings is 1. The number of furan rings is 1. The lowest BCUT2D eigenvalue weighted by molar-refractivity contribution is 0.0697. The number of hydrazone groups is 1. The van der Waals surface area contributed by atoms with Gasteiger partial charge in [-0.2, -0.15) is 5.10 Å². The Labute approximate surface area is 132 Å². The minimum Gasteiger partial charge on any atom is -0.478 e. The lowest BCUT2D eigenvalue weighted by Gasteiger charge is -2.01. The molecule has 6 nitrogen and oxygen atoms in total. The minimum absolute atomic E-state index is 0.210. The summed E-state index contributed by atoms with van der Waals surface area (Å²) in [5.74, 6) is 0.123. The van der Waals surface area contributed by atoms with Gasteiger partial charge in [0.05, 0.1) is 11.8 Å². The second-order valence-electron chi connectivity index (χ2n) is 4.32. The van der Waals surface area contributed by atoms with Crippen molar-refractivity contribution in [1.82, 2.24) is 10.7 Å². The van der Waals surface area contributed by atoms with Gasteiger partial charge >= 0.3 is 5.97 Å². The van der Waals surface area contributed by atoms with E-state index in [0.717, 1.165) is 0 Å². The minimum atomic E-state index is -0.976. The summed E-state index contributed by atoms with van der Waals surface area (Å²) < 4.78 is 5.60. The highest BCUT2D eigenvalue weighted by Crippen LogP contribution is 2.22. The third-order valence-electron chi connectivity index (χ3n) is 2.72. The van der Waals surface area contributed by atoms with Crippen molar-refractivity contribution in [3.05, 3.63) is 47.7 Å². The van der Waals surface area contributed by atoms with Gasteiger partial charge in [-0.05, 0) is 43.4 Å². The van der Waals surface area contributed by atoms with Crippen LogP contribution in [0.15, 0.2) is 45.9 Å². The van der Waals surface area contributed by atoms with Gasteiger partial charge < -0.3 is 14.8 Å². The molecule has 0 bridgehead atoms. The van der Waals surface area contributed by atoms with Crippen LogP contribution in [0.5, 0.6) is 0 Å². The average Bonchev–Trinajstić information content (AvgIpc) is 2.96. The molecule has 1 heterocycles. The van der Waals surface area contributed by atoms with Crippen LogP contribution < -0.4 is 10.7 Å². The van der Waals surface area contributed by atoms with Crippen molar-refractivity contribution in [2.45, 2.75) is 6.92 Å². The normalized spacial score (nSPS) is 10.6. The number of aromatic carboxylic acids is 1. The predicted molar refractivity (Wildman–Crippen MR) is 88.1 cm³/mol. The van der Waals surface area contributed by atoms with Gasteiger partial charge in [0.25, 0.3) is 0 Å². The molecule has 0 unspecified atom stereocenters. The zero-order chi connectivity index (χ0) is 15.9. The summed E-state index contributed by atoms with van der Waals surface area (Å²) in [7, 11) is 0. The molecule has 0 aliphatic heterocycles. The van der Waals surface area contributed by atoms with E-state index in [4.69, 9.17) is 21.7 Å². The average molecular weight is 317 g/mol. The van der Waals surface area contributed by atoms with Crippen molar-refractivity contribution in [2.75, 3.05) is 6.54 Å². The summed E-state index contributed by atoms with van der Waals surface area (Å²) in [5, 5.41) is 16.3. The summed E-state index contributed by atoms with van der Waals surface area (Å²) in [6, 6.07) is 10.0. The van der Waals surface area contributed by atoms with Crippen molar-refractivity contribution in [2.24, 2.45) is 5.10 Å². The maximum atomic E-state index is 11.0. The lowest BCUT2D eigenvalue weighted by atomic mass is 10.1. The highest BCUT2D eigenvalue weighted by atomic mass is 32.1. The van der Waals surface area contributed by atoms with Crippen molar-refractivity contribution in [3.8, 4) is 11.3 Å². The van der Waals surface area contributed by atoms with Crippen LogP contribution in [0.4, 0.5) is 0 Å². The Morgan fingerprint density at radius 3 is 2.95 bits per heavy atom. The Balaban J connectivity index is 2.08. The van der Waals surface area contributed by atoms with Crippen LogP contribution in [0.2, 0.25) is 0 Å². The summed E-state index contributed by atoms with van der Waals surface area (Å²) in [6.45, 7) is 2.65. The summed E-state index contributed by atoms with van der Waals surface area (Å²) in [4.78, 5) is 11.0. The first kappa shape index (κ1) is 15.7. The maximum absolute atomic E-state index is 11.0. The van der Waals surface area contributed by atoms with E-state index in [1.807, 2.05) is 6.92 Å². The molecule has 0 atom stereocenters. The highest BCUT2D eigenvalue weighted by molar-refractivity contribution is 7.80. The molecule has 2 rings (SSSR count). The van der Waals surface area contributed by atoms with Crippen molar-refractivity contribution in [3.63, 3.8) is 0 Å². The molecule has 0 saturated heterocycles. The van der Waals surface area contributed by atoms with Crippen LogP contribution in [0.3, 0.4) is 0 Å². The van der Waals surface area contributed by atoms with E-state index in [-0.39, 0.29) is 5.56 Å². The summed E-state index contributed by atoms with van der Waals surface area (Å²) in [6.07, 6.45) is 1.49. The molecule has 2 aromatic rings. The lowest BCUT2D eigenvalue weighted by Crippen LogP contribution is -2.31. The first-order valence-corrected chi connectivity index (χ1v) is 7.01. The first-order valence-electron chi connectivity index (χ1n) is 6.60. The van der Waals surface area contributed by atoms with E-state index in [1.165, 1.54) is 12.3 Å². The predicted octanol–water partition coefficient (Wildman–Crippen LogP) is 2.46. The Morgan fingerprint density at radius 1 is 1.41 bits per heavy atom. The Bertz CT molecular complexity index is 710. The monoisotopic (exact) mass is 317 g/mol. The largest absolute Gasteiger partial charge is 0.478 e. The number of hydrogen-bond acceptors (Lipinski definition) is 4. The quantitative estimate of drug-likeness (QED) is 0.446. The number of hydrogen-bond donors (Lipinski definition) is 3. The van der Waals surface area contributed by atoms with Gasteiger partial charge in [0, 0.05) is 12.1 Å². The van der Waals surface area contributed by atoms with Crippen LogP contribution in [0.25, 0.3) is 11.3 Å². The molecule has 1 aromatic heterocycles. The fourth-order valence-corrected chi connectivity index (χ4v) is 1.93. The van der Waals surface area contributed by atoms with Gasteiger partial charge in [-0.25, -0.2) is 4.79 Å². The standard InChI is InChI=1S/C15H15N3O3S/c1-2-16-15(22)18-17-9-12-6-7-13(21-12)10-4-3-5-11(8-10)14(19)20/h3-9H,2H2,1H3,(H,19,20)(H2,16,18,22). The fraction of sp³-hybridized carbons (Fsp3) is 0.133. The van der Waals surface area contributed by atoms with Gasteiger partial charge in [0.1, 0.15) is 11.5 Å². The second-order valence-corrected chi connectivity index (χ2v) is 4.73. The van der Waals surface area contributed by atoms with Gasteiger partial charge in [0.2, 0.25) is 0 Å². The van der Waals surface area contributed by atoms with Crippen LogP contribution in [-0.2, 0) is 0 Å². The van der Waals surface area contributed by atoms with Gasteiger partial charge in [-0.15, -0.1) is 0 Å². The molecular weight excluding hydrogens is 302 g/mol. The van der Waals surface area contributed by atoms with Crippen LogP contribution in [0.1, 0.15) is 23.0 Å². The molecule has 1 aromatic carbocycles. The number of nitrogens with one attached hydrogen (secondary N) is 2. The molecular formula is C15H15N3O3S. The molecule has 0 radical (unpaired) electrons. The molecule has 3 N–H and O–H groups in total. The first-order chi connectivity index (χ1) is 10.6. The number of thiocarbonyl (C=S) groups is 1. The molecule has 114 valence electrons. The van der Waals surface area contributed by atoms with Gasteiger partial charge in [-0.1, -0.05) is 12.1 Å². The van der Waals surface area contributed by atoms with E-state index in [1.54, 1.807) is 30.3 Å². The zero-order valence-electron chi connectivity index (χ0n) is 11.9. The molecule has 7 heteroatoms. The van der Waals surface area contributed by atoms with Crippen LogP contribution in [-0.4, -0.2) is 28.9 Å².